The van der Waals surface area contributed by atoms with Crippen molar-refractivity contribution in [2.24, 2.45) is 0 Å². The average Bonchev–Trinajstić information content (AvgIpc) is 2.36. The van der Waals surface area contributed by atoms with Crippen molar-refractivity contribution in [3.05, 3.63) is 41.5 Å². The quantitative estimate of drug-likeness (QED) is 0.644. The number of rotatable bonds is 2. The Morgan fingerprint density at radius 2 is 1.41 bits per heavy atom. The predicted molar refractivity (Wildman–Crippen MR) is 92.8 cm³/mol. The topological polar surface area (TPSA) is 50.7 Å². The summed E-state index contributed by atoms with van der Waals surface area (Å²) in [5, 5.41) is 2.96. The van der Waals surface area contributed by atoms with Crippen LogP contribution in [0.5, 0.6) is 0 Å². The van der Waals surface area contributed by atoms with E-state index in [1.54, 1.807) is 0 Å². The Morgan fingerprint density at radius 3 is 1.86 bits per heavy atom. The van der Waals surface area contributed by atoms with E-state index in [2.05, 4.69) is 20.3 Å². The summed E-state index contributed by atoms with van der Waals surface area (Å²) in [6.45, 7) is 1.94. The molecule has 0 fully saturated rings. The minimum atomic E-state index is -1.88. The van der Waals surface area contributed by atoms with Gasteiger partial charge in [0.2, 0.25) is 13.5 Å². The molecule has 118 valence electrons. The van der Waals surface area contributed by atoms with Gasteiger partial charge < -0.3 is 5.32 Å². The summed E-state index contributed by atoms with van der Waals surface area (Å²) in [5.41, 5.74) is 1.78. The summed E-state index contributed by atoms with van der Waals surface area (Å²) >= 11 is 34.8. The van der Waals surface area contributed by atoms with Crippen LogP contribution in [-0.2, 0) is 7.59 Å². The van der Waals surface area contributed by atoms with Crippen molar-refractivity contribution < 1.29 is 0 Å². The third-order valence-corrected chi connectivity index (χ3v) is 3.43. The Hall–Kier alpha value is -0.230. The molecule has 1 aromatic carbocycles. The Bertz CT molecular complexity index is 648. The van der Waals surface area contributed by atoms with Gasteiger partial charge in [0.25, 0.3) is 0 Å². The minimum absolute atomic E-state index is 0.100. The fourth-order valence-corrected chi connectivity index (χ4v) is 2.04. The summed E-state index contributed by atoms with van der Waals surface area (Å²) in [5.74, 6) is -0.198. The van der Waals surface area contributed by atoms with Gasteiger partial charge in [-0.25, -0.2) is 4.98 Å². The van der Waals surface area contributed by atoms with E-state index < -0.39 is 7.59 Å². The number of benzene rings is 1. The zero-order valence-electron chi connectivity index (χ0n) is 10.9. The number of alkyl halides is 6. The molecule has 1 N–H and O–H groups in total. The van der Waals surface area contributed by atoms with E-state index in [4.69, 9.17) is 69.6 Å². The summed E-state index contributed by atoms with van der Waals surface area (Å²) in [4.78, 5) is 12.0. The Morgan fingerprint density at radius 1 is 0.864 bits per heavy atom. The zero-order valence-corrected chi connectivity index (χ0v) is 15.5. The van der Waals surface area contributed by atoms with Gasteiger partial charge in [-0.3, -0.25) is 0 Å². The Kier molecular flexibility index (Phi) is 5.53. The fraction of sp³-hybridized carbons (Fsp3) is 0.250. The fourth-order valence-electron chi connectivity index (χ4n) is 1.54. The van der Waals surface area contributed by atoms with Crippen LogP contribution in [0.4, 0.5) is 11.6 Å². The molecule has 0 radical (unpaired) electrons. The van der Waals surface area contributed by atoms with Crippen LogP contribution in [0.2, 0.25) is 0 Å². The average molecular weight is 421 g/mol. The molecule has 0 aliphatic carbocycles. The van der Waals surface area contributed by atoms with E-state index in [0.29, 0.717) is 0 Å². The molecule has 0 amide bonds. The van der Waals surface area contributed by atoms with Crippen molar-refractivity contribution in [2.75, 3.05) is 5.32 Å². The zero-order chi connectivity index (χ0) is 16.5. The summed E-state index contributed by atoms with van der Waals surface area (Å²) in [6.07, 6.45) is 0. The first kappa shape index (κ1) is 18.1. The van der Waals surface area contributed by atoms with Gasteiger partial charge in [0.05, 0.1) is 0 Å². The van der Waals surface area contributed by atoms with Crippen molar-refractivity contribution in [3.8, 4) is 0 Å². The first-order valence-electron chi connectivity index (χ1n) is 5.80. The summed E-state index contributed by atoms with van der Waals surface area (Å²) in [7, 11) is 0. The summed E-state index contributed by atoms with van der Waals surface area (Å²) in [6, 6.07) is 7.51. The lowest BCUT2D eigenvalue weighted by Gasteiger charge is -2.16. The highest BCUT2D eigenvalue weighted by atomic mass is 35.6. The number of halogens is 6. The van der Waals surface area contributed by atoms with Crippen molar-refractivity contribution in [1.29, 1.82) is 0 Å². The normalized spacial score (nSPS) is 12.3. The molecule has 0 unspecified atom stereocenters. The molecule has 1 heterocycles. The Labute approximate surface area is 157 Å². The molecule has 2 rings (SSSR count). The third kappa shape index (κ3) is 4.88. The maximum absolute atomic E-state index is 5.80. The van der Waals surface area contributed by atoms with E-state index in [9.17, 15) is 0 Å². The van der Waals surface area contributed by atoms with Crippen molar-refractivity contribution in [2.45, 2.75) is 14.5 Å². The maximum atomic E-state index is 5.80. The standard InChI is InChI=1S/C12H8Cl6N4/c1-6-3-2-4-7(5-6)19-10-21-8(11(13,14)15)20-9(22-10)12(16,17)18/h2-5H,1H3,(H,19,20,21,22). The van der Waals surface area contributed by atoms with E-state index in [1.165, 1.54) is 0 Å². The van der Waals surface area contributed by atoms with Gasteiger partial charge >= 0.3 is 0 Å². The molecule has 0 spiro atoms. The third-order valence-electron chi connectivity index (χ3n) is 2.42. The van der Waals surface area contributed by atoms with E-state index in [-0.39, 0.29) is 17.6 Å². The van der Waals surface area contributed by atoms with Crippen LogP contribution in [-0.4, -0.2) is 15.0 Å². The predicted octanol–water partition coefficient (Wildman–Crippen LogP) is 5.58. The van der Waals surface area contributed by atoms with Crippen molar-refractivity contribution >= 4 is 81.2 Å². The van der Waals surface area contributed by atoms with Crippen LogP contribution >= 0.6 is 69.6 Å². The van der Waals surface area contributed by atoms with Crippen LogP contribution in [0.15, 0.2) is 24.3 Å². The number of hydrogen-bond donors (Lipinski definition) is 1. The van der Waals surface area contributed by atoms with E-state index >= 15 is 0 Å². The van der Waals surface area contributed by atoms with E-state index in [0.717, 1.165) is 11.3 Å². The largest absolute Gasteiger partial charge is 0.324 e. The second-order valence-corrected chi connectivity index (χ2v) is 8.86. The molecule has 0 bridgehead atoms. The van der Waals surface area contributed by atoms with Crippen LogP contribution in [0.1, 0.15) is 17.2 Å². The van der Waals surface area contributed by atoms with Crippen LogP contribution < -0.4 is 5.32 Å². The Balaban J connectivity index is 2.46. The smallest absolute Gasteiger partial charge is 0.250 e. The molecule has 10 heteroatoms. The highest BCUT2D eigenvalue weighted by molar-refractivity contribution is 6.67. The van der Waals surface area contributed by atoms with Crippen molar-refractivity contribution in [1.82, 2.24) is 15.0 Å². The SMILES string of the molecule is Cc1cccc(Nc2nc(C(Cl)(Cl)Cl)nc(C(Cl)(Cl)Cl)n2)c1. The second-order valence-electron chi connectivity index (χ2n) is 4.30. The van der Waals surface area contributed by atoms with E-state index in [1.807, 2.05) is 31.2 Å². The molecule has 4 nitrogen and oxygen atoms in total. The monoisotopic (exact) mass is 418 g/mol. The van der Waals surface area contributed by atoms with Crippen molar-refractivity contribution in [3.63, 3.8) is 0 Å². The first-order chi connectivity index (χ1) is 10.1. The van der Waals surface area contributed by atoms with Gasteiger partial charge in [-0.05, 0) is 24.6 Å². The van der Waals surface area contributed by atoms with Gasteiger partial charge in [0, 0.05) is 5.69 Å². The molecular weight excluding hydrogens is 413 g/mol. The number of nitrogens with one attached hydrogen (secondary N) is 1. The second kappa shape index (κ2) is 6.71. The molecule has 0 aliphatic rings. The van der Waals surface area contributed by atoms with Gasteiger partial charge in [0.1, 0.15) is 0 Å². The van der Waals surface area contributed by atoms with Gasteiger partial charge in [-0.1, -0.05) is 81.7 Å². The molecule has 0 saturated carbocycles. The van der Waals surface area contributed by atoms with Crippen LogP contribution in [0.25, 0.3) is 0 Å². The summed E-state index contributed by atoms with van der Waals surface area (Å²) < 4.78 is -3.76. The maximum Gasteiger partial charge on any atom is 0.250 e. The number of hydrogen-bond acceptors (Lipinski definition) is 4. The highest BCUT2D eigenvalue weighted by Gasteiger charge is 2.33. The molecule has 0 aliphatic heterocycles. The highest BCUT2D eigenvalue weighted by Crippen LogP contribution is 2.40. The number of anilines is 2. The molecule has 1 aromatic heterocycles. The molecular formula is C12H8Cl6N4. The van der Waals surface area contributed by atoms with Gasteiger partial charge in [0.15, 0.2) is 11.6 Å². The molecule has 0 atom stereocenters. The van der Waals surface area contributed by atoms with Gasteiger partial charge in [-0.2, -0.15) is 9.97 Å². The first-order valence-corrected chi connectivity index (χ1v) is 8.06. The molecule has 2 aromatic rings. The molecule has 0 saturated heterocycles. The number of aryl methyl sites for hydroxylation is 1. The minimum Gasteiger partial charge on any atom is -0.324 e. The van der Waals surface area contributed by atoms with Gasteiger partial charge in [-0.15, -0.1) is 0 Å². The lowest BCUT2D eigenvalue weighted by molar-refractivity contribution is 0.851. The lowest BCUT2D eigenvalue weighted by Crippen LogP contribution is -2.17. The van der Waals surface area contributed by atoms with Crippen LogP contribution in [0, 0.1) is 6.92 Å². The molecule has 22 heavy (non-hydrogen) atoms. The lowest BCUT2D eigenvalue weighted by atomic mass is 10.2. The number of nitrogens with zero attached hydrogens (tertiary/aromatic N) is 3. The van der Waals surface area contributed by atoms with Crippen LogP contribution in [0.3, 0.4) is 0 Å². The number of aromatic nitrogens is 3.